The summed E-state index contributed by atoms with van der Waals surface area (Å²) in [6.07, 6.45) is 1.94. The van der Waals surface area contributed by atoms with Crippen LogP contribution in [0.1, 0.15) is 43.5 Å². The molecule has 2 aromatic rings. The lowest BCUT2D eigenvalue weighted by Crippen LogP contribution is -2.49. The number of benzene rings is 1. The van der Waals surface area contributed by atoms with Crippen LogP contribution in [0.2, 0.25) is 15.1 Å². The van der Waals surface area contributed by atoms with Crippen molar-refractivity contribution in [3.8, 4) is 5.75 Å². The quantitative estimate of drug-likeness (QED) is 0.435. The molecule has 2 atom stereocenters. The minimum absolute atomic E-state index is 0.137. The number of carboxylic acids is 1. The number of aromatic nitrogens is 1. The second kappa shape index (κ2) is 12.2. The van der Waals surface area contributed by atoms with E-state index in [2.05, 4.69) is 9.80 Å². The fourth-order valence-electron chi connectivity index (χ4n) is 4.92. The van der Waals surface area contributed by atoms with Gasteiger partial charge in [0, 0.05) is 54.4 Å². The molecular weight excluding hydrogens is 525 g/mol. The first-order valence-corrected chi connectivity index (χ1v) is 13.4. The predicted molar refractivity (Wildman–Crippen MR) is 143 cm³/mol. The normalized spacial score (nSPS) is 20.4. The van der Waals surface area contributed by atoms with Gasteiger partial charge in [0.2, 0.25) is 0 Å². The molecule has 1 aromatic heterocycles. The van der Waals surface area contributed by atoms with Crippen LogP contribution in [0.5, 0.6) is 5.75 Å². The average molecular weight is 557 g/mol. The van der Waals surface area contributed by atoms with Crippen molar-refractivity contribution in [2.24, 2.45) is 5.92 Å². The Labute approximate surface area is 227 Å². The van der Waals surface area contributed by atoms with Crippen molar-refractivity contribution >= 4 is 46.6 Å². The average Bonchev–Trinajstić information content (AvgIpc) is 2.85. The number of rotatable bonds is 8. The lowest BCUT2D eigenvalue weighted by atomic mass is 9.90. The number of piperidine rings is 1. The van der Waals surface area contributed by atoms with Crippen LogP contribution < -0.4 is 9.64 Å². The Morgan fingerprint density at radius 3 is 2.67 bits per heavy atom. The molecule has 0 radical (unpaired) electrons. The third kappa shape index (κ3) is 6.75. The summed E-state index contributed by atoms with van der Waals surface area (Å²) >= 11 is 19.0. The summed E-state index contributed by atoms with van der Waals surface area (Å²) in [5.41, 5.74) is 1.55. The van der Waals surface area contributed by atoms with Crippen molar-refractivity contribution in [3.05, 3.63) is 50.6 Å². The topological polar surface area (TPSA) is 75.1 Å². The van der Waals surface area contributed by atoms with Crippen molar-refractivity contribution in [1.82, 2.24) is 9.88 Å². The van der Waals surface area contributed by atoms with Crippen LogP contribution >= 0.6 is 34.8 Å². The molecule has 3 heterocycles. The third-order valence-corrected chi connectivity index (χ3v) is 8.01. The number of carbonyl (C=O) groups is 1. The molecule has 4 rings (SSSR count). The zero-order valence-electron chi connectivity index (χ0n) is 20.6. The number of hydrogen-bond donors (Lipinski definition) is 1. The molecule has 0 amide bonds. The molecule has 196 valence electrons. The van der Waals surface area contributed by atoms with Crippen LogP contribution in [0, 0.1) is 12.8 Å². The van der Waals surface area contributed by atoms with Crippen LogP contribution in [0.4, 0.5) is 5.82 Å². The number of carboxylic acid groups (broad SMARTS) is 1. The van der Waals surface area contributed by atoms with Gasteiger partial charge in [-0.25, -0.2) is 4.98 Å². The van der Waals surface area contributed by atoms with Crippen molar-refractivity contribution in [2.75, 3.05) is 44.2 Å². The van der Waals surface area contributed by atoms with Gasteiger partial charge in [-0.05, 0) is 44.7 Å². The Kier molecular flexibility index (Phi) is 9.23. The maximum absolute atomic E-state index is 10.9. The van der Waals surface area contributed by atoms with Crippen LogP contribution in [0.25, 0.3) is 0 Å². The second-order valence-corrected chi connectivity index (χ2v) is 10.7. The summed E-state index contributed by atoms with van der Waals surface area (Å²) in [5.74, 6) is 1.09. The van der Waals surface area contributed by atoms with E-state index in [9.17, 15) is 4.79 Å². The molecular formula is C26H32Cl3N3O4. The molecule has 36 heavy (non-hydrogen) atoms. The Morgan fingerprint density at radius 2 is 1.97 bits per heavy atom. The van der Waals surface area contributed by atoms with Crippen molar-refractivity contribution < 1.29 is 19.4 Å². The standard InChI is InChI=1S/C26H32Cl3N3O4/c1-16-26(29)22(36-17(2)20-4-3-19(27)13-21(20)28)14-24(30-16)32-9-5-18(6-10-32)23-15-31(11-12-35-23)8-7-25(33)34/h3-4,13-14,17-18,23H,5-12,15H2,1-2H3,(H,33,34)/t17-,23?/m1/s1. The van der Waals surface area contributed by atoms with Gasteiger partial charge in [-0.15, -0.1) is 0 Å². The van der Waals surface area contributed by atoms with Gasteiger partial charge in [0.05, 0.1) is 24.8 Å². The highest BCUT2D eigenvalue weighted by Gasteiger charge is 2.32. The summed E-state index contributed by atoms with van der Waals surface area (Å²) in [6.45, 7) is 8.32. The van der Waals surface area contributed by atoms with E-state index in [1.54, 1.807) is 12.1 Å². The summed E-state index contributed by atoms with van der Waals surface area (Å²) in [7, 11) is 0. The Bertz CT molecular complexity index is 1080. The number of anilines is 1. The number of aliphatic carboxylic acids is 1. The molecule has 2 fully saturated rings. The third-order valence-electron chi connectivity index (χ3n) is 6.99. The van der Waals surface area contributed by atoms with Crippen LogP contribution in [0.3, 0.4) is 0 Å². The highest BCUT2D eigenvalue weighted by molar-refractivity contribution is 6.35. The molecule has 1 N–H and O–H groups in total. The van der Waals surface area contributed by atoms with E-state index in [0.717, 1.165) is 50.4 Å². The molecule has 2 aliphatic rings. The van der Waals surface area contributed by atoms with E-state index < -0.39 is 5.97 Å². The van der Waals surface area contributed by atoms with Gasteiger partial charge < -0.3 is 19.5 Å². The fraction of sp³-hybridized carbons (Fsp3) is 0.538. The number of ether oxygens (including phenoxy) is 2. The molecule has 0 saturated carbocycles. The molecule has 1 unspecified atom stereocenters. The molecule has 1 aromatic carbocycles. The van der Waals surface area contributed by atoms with Gasteiger partial charge in [-0.1, -0.05) is 40.9 Å². The van der Waals surface area contributed by atoms with E-state index in [0.29, 0.717) is 45.6 Å². The first-order valence-electron chi connectivity index (χ1n) is 12.3. The fourth-order valence-corrected chi connectivity index (χ4v) is 5.62. The first-order chi connectivity index (χ1) is 17.2. The first kappa shape index (κ1) is 27.3. The number of nitrogens with zero attached hydrogens (tertiary/aromatic N) is 3. The van der Waals surface area contributed by atoms with Crippen LogP contribution in [-0.2, 0) is 9.53 Å². The molecule has 0 spiro atoms. The minimum Gasteiger partial charge on any atom is -0.484 e. The lowest BCUT2D eigenvalue weighted by Gasteiger charge is -2.41. The molecule has 0 aliphatic carbocycles. The number of halogens is 3. The van der Waals surface area contributed by atoms with Gasteiger partial charge in [0.1, 0.15) is 22.7 Å². The van der Waals surface area contributed by atoms with Crippen LogP contribution in [-0.4, -0.2) is 66.4 Å². The SMILES string of the molecule is Cc1nc(N2CCC(C3CN(CCC(=O)O)CCO3)CC2)cc(O[C@H](C)c2ccc(Cl)cc2Cl)c1Cl. The van der Waals surface area contributed by atoms with Crippen molar-refractivity contribution in [1.29, 1.82) is 0 Å². The number of pyridine rings is 1. The largest absolute Gasteiger partial charge is 0.484 e. The summed E-state index contributed by atoms with van der Waals surface area (Å²) in [4.78, 5) is 20.1. The highest BCUT2D eigenvalue weighted by atomic mass is 35.5. The molecule has 10 heteroatoms. The van der Waals surface area contributed by atoms with E-state index in [1.165, 1.54) is 0 Å². The molecule has 2 saturated heterocycles. The zero-order chi connectivity index (χ0) is 25.8. The number of morpholine rings is 1. The predicted octanol–water partition coefficient (Wildman–Crippen LogP) is 5.88. The zero-order valence-corrected chi connectivity index (χ0v) is 22.8. The van der Waals surface area contributed by atoms with Crippen LogP contribution in [0.15, 0.2) is 24.3 Å². The highest BCUT2D eigenvalue weighted by Crippen LogP contribution is 2.37. The van der Waals surface area contributed by atoms with E-state index in [-0.39, 0.29) is 18.6 Å². The smallest absolute Gasteiger partial charge is 0.304 e. The summed E-state index contributed by atoms with van der Waals surface area (Å²) in [5, 5.41) is 10.6. The van der Waals surface area contributed by atoms with Crippen molar-refractivity contribution in [3.63, 3.8) is 0 Å². The van der Waals surface area contributed by atoms with E-state index in [4.69, 9.17) is 54.4 Å². The van der Waals surface area contributed by atoms with Gasteiger partial charge in [0.25, 0.3) is 0 Å². The minimum atomic E-state index is -0.758. The lowest BCUT2D eigenvalue weighted by molar-refractivity contribution is -0.138. The Balaban J connectivity index is 1.39. The van der Waals surface area contributed by atoms with Gasteiger partial charge in [0.15, 0.2) is 0 Å². The van der Waals surface area contributed by atoms with Gasteiger partial charge in [-0.2, -0.15) is 0 Å². The monoisotopic (exact) mass is 555 g/mol. The van der Waals surface area contributed by atoms with Gasteiger partial charge >= 0.3 is 5.97 Å². The van der Waals surface area contributed by atoms with E-state index in [1.807, 2.05) is 26.0 Å². The molecule has 0 bridgehead atoms. The Hall–Kier alpha value is -1.77. The van der Waals surface area contributed by atoms with Gasteiger partial charge in [-0.3, -0.25) is 9.69 Å². The van der Waals surface area contributed by atoms with Crippen molar-refractivity contribution in [2.45, 2.75) is 45.3 Å². The Morgan fingerprint density at radius 1 is 1.22 bits per heavy atom. The molecule has 7 nitrogen and oxygen atoms in total. The molecule has 2 aliphatic heterocycles. The number of hydrogen-bond acceptors (Lipinski definition) is 6. The maximum Gasteiger partial charge on any atom is 0.304 e. The summed E-state index contributed by atoms with van der Waals surface area (Å²) < 4.78 is 12.3. The van der Waals surface area contributed by atoms with E-state index >= 15 is 0 Å². The summed E-state index contributed by atoms with van der Waals surface area (Å²) in [6, 6.07) is 7.26. The number of aryl methyl sites for hydroxylation is 1. The maximum atomic E-state index is 10.9. The second-order valence-electron chi connectivity index (χ2n) is 9.48.